The van der Waals surface area contributed by atoms with Crippen LogP contribution in [0.25, 0.3) is 0 Å². The Labute approximate surface area is 173 Å². The van der Waals surface area contributed by atoms with Gasteiger partial charge in [0.2, 0.25) is 5.91 Å². The second-order valence-electron chi connectivity index (χ2n) is 7.13. The van der Waals surface area contributed by atoms with E-state index >= 15 is 0 Å². The van der Waals surface area contributed by atoms with Crippen molar-refractivity contribution in [3.8, 4) is 5.75 Å². The van der Waals surface area contributed by atoms with E-state index in [0.29, 0.717) is 22.9 Å². The van der Waals surface area contributed by atoms with Crippen molar-refractivity contribution < 1.29 is 19.1 Å². The van der Waals surface area contributed by atoms with Gasteiger partial charge in [0.1, 0.15) is 17.8 Å². The maximum atomic E-state index is 13.2. The van der Waals surface area contributed by atoms with Gasteiger partial charge < -0.3 is 15.4 Å². The number of hydrogen-bond donors (Lipinski definition) is 2. The van der Waals surface area contributed by atoms with E-state index in [2.05, 4.69) is 10.6 Å². The molecule has 1 fully saturated rings. The lowest BCUT2D eigenvalue weighted by molar-refractivity contribution is -0.134. The van der Waals surface area contributed by atoms with E-state index in [1.54, 1.807) is 18.2 Å². The maximum absolute atomic E-state index is 13.2. The van der Waals surface area contributed by atoms with Crippen molar-refractivity contribution in [1.29, 1.82) is 0 Å². The molecule has 1 aliphatic carbocycles. The number of fused-ring (bicyclic) bond motifs is 2. The van der Waals surface area contributed by atoms with Crippen molar-refractivity contribution in [1.82, 2.24) is 10.2 Å². The van der Waals surface area contributed by atoms with E-state index < -0.39 is 29.9 Å². The predicted molar refractivity (Wildman–Crippen MR) is 108 cm³/mol. The van der Waals surface area contributed by atoms with Gasteiger partial charge in [-0.15, -0.1) is 0 Å². The highest BCUT2D eigenvalue weighted by molar-refractivity contribution is 6.31. The molecule has 1 unspecified atom stereocenters. The van der Waals surface area contributed by atoms with E-state index in [-0.39, 0.29) is 0 Å². The van der Waals surface area contributed by atoms with Crippen LogP contribution in [0.1, 0.15) is 24.0 Å². The fourth-order valence-corrected chi connectivity index (χ4v) is 4.24. The molecular weight excluding hydrogens is 394 g/mol. The molecule has 1 atom stereocenters. The molecule has 1 aliphatic heterocycles. The number of aryl methyl sites for hydroxylation is 1. The van der Waals surface area contributed by atoms with Crippen LogP contribution in [0.5, 0.6) is 5.75 Å². The summed E-state index contributed by atoms with van der Waals surface area (Å²) in [6.07, 6.45) is 2.15. The number of carbonyl (C=O) groups excluding carboxylic acids is 3. The number of nitrogens with one attached hydrogen (secondary N) is 2. The van der Waals surface area contributed by atoms with Gasteiger partial charge in [-0.2, -0.15) is 0 Å². The lowest BCUT2D eigenvalue weighted by atomic mass is 9.76. The minimum Gasteiger partial charge on any atom is -0.495 e. The van der Waals surface area contributed by atoms with Gasteiger partial charge in [-0.05, 0) is 48.6 Å². The molecule has 4 amide bonds. The highest BCUT2D eigenvalue weighted by atomic mass is 35.5. The Kier molecular flexibility index (Phi) is 4.92. The summed E-state index contributed by atoms with van der Waals surface area (Å²) in [4.78, 5) is 39.4. The Morgan fingerprint density at radius 3 is 2.86 bits per heavy atom. The highest BCUT2D eigenvalue weighted by Crippen LogP contribution is 2.39. The lowest BCUT2D eigenvalue weighted by Crippen LogP contribution is -2.47. The quantitative estimate of drug-likeness (QED) is 0.754. The molecule has 0 saturated carbocycles. The Morgan fingerprint density at radius 2 is 2.07 bits per heavy atom. The van der Waals surface area contributed by atoms with E-state index in [9.17, 15) is 14.4 Å². The molecule has 2 N–H and O–H groups in total. The fourth-order valence-electron chi connectivity index (χ4n) is 4.07. The Hall–Kier alpha value is -3.06. The van der Waals surface area contributed by atoms with E-state index in [0.717, 1.165) is 28.9 Å². The second kappa shape index (κ2) is 7.40. The van der Waals surface area contributed by atoms with Crippen LogP contribution < -0.4 is 15.4 Å². The zero-order valence-corrected chi connectivity index (χ0v) is 16.6. The Bertz CT molecular complexity index is 1010. The Morgan fingerprint density at radius 1 is 1.28 bits per heavy atom. The van der Waals surface area contributed by atoms with Gasteiger partial charge in [-0.3, -0.25) is 14.5 Å². The molecule has 0 aromatic heterocycles. The van der Waals surface area contributed by atoms with Crippen molar-refractivity contribution in [3.63, 3.8) is 0 Å². The number of rotatable bonds is 4. The average molecular weight is 414 g/mol. The normalized spacial score (nSPS) is 20.4. The number of methoxy groups -OCH3 is 1. The third kappa shape index (κ3) is 3.31. The first-order valence-electron chi connectivity index (χ1n) is 9.30. The van der Waals surface area contributed by atoms with Crippen molar-refractivity contribution >= 4 is 35.1 Å². The minimum absolute atomic E-state index is 0.370. The van der Waals surface area contributed by atoms with Crippen LogP contribution in [0.4, 0.5) is 10.5 Å². The predicted octanol–water partition coefficient (Wildman–Crippen LogP) is 3.07. The maximum Gasteiger partial charge on any atom is 0.325 e. The summed E-state index contributed by atoms with van der Waals surface area (Å²) < 4.78 is 5.21. The van der Waals surface area contributed by atoms with Gasteiger partial charge >= 0.3 is 6.03 Å². The van der Waals surface area contributed by atoms with Gasteiger partial charge in [0.25, 0.3) is 5.91 Å². The topological polar surface area (TPSA) is 87.7 Å². The number of imide groups is 1. The minimum atomic E-state index is -1.10. The lowest BCUT2D eigenvalue weighted by Gasteiger charge is -2.33. The van der Waals surface area contributed by atoms with Crippen molar-refractivity contribution in [3.05, 3.63) is 58.6 Å². The van der Waals surface area contributed by atoms with Gasteiger partial charge in [0.15, 0.2) is 0 Å². The zero-order valence-electron chi connectivity index (χ0n) is 15.8. The monoisotopic (exact) mass is 413 g/mol. The highest BCUT2D eigenvalue weighted by Gasteiger charge is 2.54. The molecule has 0 radical (unpaired) electrons. The molecule has 1 spiro atoms. The molecule has 2 aromatic carbocycles. The van der Waals surface area contributed by atoms with Crippen LogP contribution >= 0.6 is 11.6 Å². The molecule has 8 heteroatoms. The van der Waals surface area contributed by atoms with E-state index in [1.807, 2.05) is 24.3 Å². The average Bonchev–Trinajstić information content (AvgIpc) is 2.93. The van der Waals surface area contributed by atoms with E-state index in [4.69, 9.17) is 16.3 Å². The summed E-state index contributed by atoms with van der Waals surface area (Å²) in [5.74, 6) is -0.490. The van der Waals surface area contributed by atoms with Crippen LogP contribution in [0, 0.1) is 0 Å². The summed E-state index contributed by atoms with van der Waals surface area (Å²) in [7, 11) is 1.47. The zero-order chi connectivity index (χ0) is 20.6. The molecule has 2 aromatic rings. The summed E-state index contributed by atoms with van der Waals surface area (Å²) in [5.41, 5.74) is 1.13. The number of ether oxygens (including phenoxy) is 1. The standard InChI is InChI=1S/C21H20ClN3O4/c1-29-17-9-8-14(22)11-16(17)23-18(26)12-25-19(27)21(24-20(25)28)10-4-6-13-5-2-3-7-15(13)21/h2-3,5,7-9,11H,4,6,10,12H2,1H3,(H,23,26)(H,24,28). The molecular formula is C21H20ClN3O4. The number of halogens is 1. The number of amides is 4. The summed E-state index contributed by atoms with van der Waals surface area (Å²) >= 11 is 5.98. The summed E-state index contributed by atoms with van der Waals surface area (Å²) in [5, 5.41) is 5.92. The van der Waals surface area contributed by atoms with Gasteiger partial charge in [0, 0.05) is 5.02 Å². The fraction of sp³-hybridized carbons (Fsp3) is 0.286. The molecule has 4 rings (SSSR count). The van der Waals surface area contributed by atoms with E-state index in [1.165, 1.54) is 7.11 Å². The van der Waals surface area contributed by atoms with Gasteiger partial charge in [0.05, 0.1) is 12.8 Å². The van der Waals surface area contributed by atoms with Crippen molar-refractivity contribution in [2.24, 2.45) is 0 Å². The van der Waals surface area contributed by atoms with Crippen molar-refractivity contribution in [2.45, 2.75) is 24.8 Å². The Balaban J connectivity index is 1.55. The third-order valence-electron chi connectivity index (χ3n) is 5.39. The molecule has 0 bridgehead atoms. The van der Waals surface area contributed by atoms with Crippen LogP contribution in [-0.2, 0) is 21.5 Å². The third-order valence-corrected chi connectivity index (χ3v) is 5.62. The van der Waals surface area contributed by atoms with Crippen molar-refractivity contribution in [2.75, 3.05) is 19.0 Å². The molecule has 7 nitrogen and oxygen atoms in total. The number of benzene rings is 2. The van der Waals surface area contributed by atoms with Crippen LogP contribution in [0.2, 0.25) is 5.02 Å². The largest absolute Gasteiger partial charge is 0.495 e. The summed E-state index contributed by atoms with van der Waals surface area (Å²) in [6.45, 7) is -0.399. The number of carbonyl (C=O) groups is 3. The molecule has 1 heterocycles. The SMILES string of the molecule is COc1ccc(Cl)cc1NC(=O)CN1C(=O)NC2(CCCc3ccccc32)C1=O. The molecule has 29 heavy (non-hydrogen) atoms. The number of hydrogen-bond acceptors (Lipinski definition) is 4. The number of urea groups is 1. The summed E-state index contributed by atoms with van der Waals surface area (Å²) in [6, 6.07) is 11.8. The first-order valence-corrected chi connectivity index (χ1v) is 9.68. The molecule has 2 aliphatic rings. The van der Waals surface area contributed by atoms with Crippen LogP contribution in [0.15, 0.2) is 42.5 Å². The van der Waals surface area contributed by atoms with Gasteiger partial charge in [-0.1, -0.05) is 35.9 Å². The first kappa shape index (κ1) is 19.3. The first-order chi connectivity index (χ1) is 13.9. The smallest absolute Gasteiger partial charge is 0.325 e. The molecule has 150 valence electrons. The van der Waals surface area contributed by atoms with Crippen LogP contribution in [0.3, 0.4) is 0 Å². The number of anilines is 1. The van der Waals surface area contributed by atoms with Crippen LogP contribution in [-0.4, -0.2) is 36.4 Å². The number of nitrogens with zero attached hydrogens (tertiary/aromatic N) is 1. The molecule has 1 saturated heterocycles. The second-order valence-corrected chi connectivity index (χ2v) is 7.57. The van der Waals surface area contributed by atoms with Gasteiger partial charge in [-0.25, -0.2) is 4.79 Å².